The summed E-state index contributed by atoms with van der Waals surface area (Å²) in [5.74, 6) is 0. The van der Waals surface area contributed by atoms with Crippen molar-refractivity contribution in [2.24, 2.45) is 0 Å². The maximum atomic E-state index is 11.3. The second-order valence-electron chi connectivity index (χ2n) is 5.62. The molecule has 1 aliphatic heterocycles. The Bertz CT molecular complexity index is 643. The molecule has 0 spiro atoms. The molecule has 7 nitrogen and oxygen atoms in total. The maximum Gasteiger partial charge on any atom is 0.274 e. The van der Waals surface area contributed by atoms with Crippen molar-refractivity contribution in [3.63, 3.8) is 0 Å². The van der Waals surface area contributed by atoms with Gasteiger partial charge in [-0.1, -0.05) is 18.2 Å². The number of nitro groups is 1. The summed E-state index contributed by atoms with van der Waals surface area (Å²) >= 11 is 0. The van der Waals surface area contributed by atoms with E-state index in [9.17, 15) is 10.1 Å². The minimum absolute atomic E-state index is 0.00255. The first-order chi connectivity index (χ1) is 10.6. The number of para-hydroxylation sites is 1. The van der Waals surface area contributed by atoms with Gasteiger partial charge in [0, 0.05) is 43.7 Å². The maximum absolute atomic E-state index is 11.3. The lowest BCUT2D eigenvalue weighted by Crippen LogP contribution is -2.47. The van der Waals surface area contributed by atoms with Gasteiger partial charge in [0.15, 0.2) is 0 Å². The van der Waals surface area contributed by atoms with Gasteiger partial charge < -0.3 is 9.47 Å². The highest BCUT2D eigenvalue weighted by Gasteiger charge is 2.31. The van der Waals surface area contributed by atoms with E-state index in [4.69, 9.17) is 0 Å². The Hall–Kier alpha value is -2.25. The summed E-state index contributed by atoms with van der Waals surface area (Å²) in [6, 6.07) is 7.03. The zero-order chi connectivity index (χ0) is 15.5. The van der Waals surface area contributed by atoms with Gasteiger partial charge in [-0.3, -0.25) is 15.0 Å². The summed E-state index contributed by atoms with van der Waals surface area (Å²) in [6.07, 6.45) is 5.43. The Labute approximate surface area is 128 Å². The molecule has 0 bridgehead atoms. The molecule has 0 aliphatic carbocycles. The molecule has 1 fully saturated rings. The van der Waals surface area contributed by atoms with E-state index in [1.54, 1.807) is 24.7 Å². The second-order valence-corrected chi connectivity index (χ2v) is 5.62. The van der Waals surface area contributed by atoms with Crippen LogP contribution in [0.2, 0.25) is 0 Å². The molecule has 1 unspecified atom stereocenters. The number of nitro benzene ring substituents is 1. The minimum Gasteiger partial charge on any atom is -0.324 e. The number of rotatable bonds is 4. The van der Waals surface area contributed by atoms with Crippen molar-refractivity contribution in [1.29, 1.82) is 0 Å². The van der Waals surface area contributed by atoms with Crippen LogP contribution in [0.25, 0.3) is 0 Å². The van der Waals surface area contributed by atoms with Gasteiger partial charge in [-0.05, 0) is 7.05 Å². The lowest BCUT2D eigenvalue weighted by atomic mass is 10.0. The van der Waals surface area contributed by atoms with Gasteiger partial charge in [0.25, 0.3) is 5.69 Å². The van der Waals surface area contributed by atoms with Crippen molar-refractivity contribution in [3.05, 3.63) is 58.7 Å². The van der Waals surface area contributed by atoms with E-state index < -0.39 is 0 Å². The van der Waals surface area contributed by atoms with Crippen LogP contribution in [-0.4, -0.2) is 51.0 Å². The van der Waals surface area contributed by atoms with Gasteiger partial charge in [-0.2, -0.15) is 0 Å². The molecule has 1 atom stereocenters. The molecule has 1 aliphatic rings. The summed E-state index contributed by atoms with van der Waals surface area (Å²) in [4.78, 5) is 19.6. The summed E-state index contributed by atoms with van der Waals surface area (Å²) < 4.78 is 1.99. The first-order valence-corrected chi connectivity index (χ1v) is 7.27. The Kier molecular flexibility index (Phi) is 4.17. The Morgan fingerprint density at radius 2 is 2.18 bits per heavy atom. The standard InChI is InChI=1S/C15H19N5O2/c1-17-8-9-19(12-18-7-6-16-11-18)15(10-17)13-4-2-3-5-14(13)20(21)22/h2-7,11,15H,8-10,12H2,1H3. The van der Waals surface area contributed by atoms with Gasteiger partial charge >= 0.3 is 0 Å². The van der Waals surface area contributed by atoms with E-state index in [0.717, 1.165) is 25.2 Å². The molecule has 0 amide bonds. The van der Waals surface area contributed by atoms with Crippen molar-refractivity contribution in [1.82, 2.24) is 19.4 Å². The molecule has 0 saturated carbocycles. The fraction of sp³-hybridized carbons (Fsp3) is 0.400. The molecule has 2 heterocycles. The van der Waals surface area contributed by atoms with Crippen LogP contribution in [0.15, 0.2) is 43.0 Å². The number of benzene rings is 1. The van der Waals surface area contributed by atoms with E-state index in [1.165, 1.54) is 0 Å². The first-order valence-electron chi connectivity index (χ1n) is 7.27. The van der Waals surface area contributed by atoms with Crippen LogP contribution in [0.4, 0.5) is 5.69 Å². The number of imidazole rings is 1. The van der Waals surface area contributed by atoms with E-state index >= 15 is 0 Å². The molecule has 2 aromatic rings. The Balaban J connectivity index is 1.91. The SMILES string of the molecule is CN1CCN(Cn2ccnc2)C(c2ccccc2[N+](=O)[O-])C1. The third-order valence-corrected chi connectivity index (χ3v) is 4.09. The topological polar surface area (TPSA) is 67.4 Å². The van der Waals surface area contributed by atoms with Gasteiger partial charge in [-0.15, -0.1) is 0 Å². The van der Waals surface area contributed by atoms with E-state index in [-0.39, 0.29) is 16.7 Å². The highest BCUT2D eigenvalue weighted by atomic mass is 16.6. The summed E-state index contributed by atoms with van der Waals surface area (Å²) in [7, 11) is 2.05. The fourth-order valence-electron chi connectivity index (χ4n) is 2.94. The van der Waals surface area contributed by atoms with E-state index in [0.29, 0.717) is 6.67 Å². The lowest BCUT2D eigenvalue weighted by Gasteiger charge is -2.40. The molecule has 1 aromatic carbocycles. The number of piperazine rings is 1. The first kappa shape index (κ1) is 14.7. The molecule has 1 saturated heterocycles. The molecule has 3 rings (SSSR count). The number of hydrogen-bond donors (Lipinski definition) is 0. The number of aromatic nitrogens is 2. The van der Waals surface area contributed by atoms with Crippen molar-refractivity contribution in [2.75, 3.05) is 26.7 Å². The molecule has 1 aromatic heterocycles. The monoisotopic (exact) mass is 301 g/mol. The summed E-state index contributed by atoms with van der Waals surface area (Å²) in [5, 5.41) is 11.3. The lowest BCUT2D eigenvalue weighted by molar-refractivity contribution is -0.386. The Morgan fingerprint density at radius 3 is 2.91 bits per heavy atom. The molecule has 22 heavy (non-hydrogen) atoms. The van der Waals surface area contributed by atoms with Gasteiger partial charge in [0.2, 0.25) is 0 Å². The molecule has 7 heteroatoms. The van der Waals surface area contributed by atoms with Crippen LogP contribution < -0.4 is 0 Å². The van der Waals surface area contributed by atoms with Crippen LogP contribution in [0, 0.1) is 10.1 Å². The van der Waals surface area contributed by atoms with Crippen molar-refractivity contribution < 1.29 is 4.92 Å². The quantitative estimate of drug-likeness (QED) is 0.635. The minimum atomic E-state index is -0.292. The predicted octanol–water partition coefficient (Wildman–Crippen LogP) is 1.74. The van der Waals surface area contributed by atoms with E-state index in [1.807, 2.05) is 22.9 Å². The summed E-state index contributed by atoms with van der Waals surface area (Å²) in [6.45, 7) is 3.28. The van der Waals surface area contributed by atoms with Crippen LogP contribution in [0.3, 0.4) is 0 Å². The third-order valence-electron chi connectivity index (χ3n) is 4.09. The second kappa shape index (κ2) is 6.25. The molecule has 0 N–H and O–H groups in total. The summed E-state index contributed by atoms with van der Waals surface area (Å²) in [5.41, 5.74) is 0.970. The third kappa shape index (κ3) is 3.00. The van der Waals surface area contributed by atoms with E-state index in [2.05, 4.69) is 21.8 Å². The van der Waals surface area contributed by atoms with Crippen molar-refractivity contribution in [3.8, 4) is 0 Å². The average Bonchev–Trinajstić information content (AvgIpc) is 3.02. The van der Waals surface area contributed by atoms with Crippen molar-refractivity contribution >= 4 is 5.69 Å². The fourth-order valence-corrected chi connectivity index (χ4v) is 2.94. The largest absolute Gasteiger partial charge is 0.324 e. The van der Waals surface area contributed by atoms with Gasteiger partial charge in [-0.25, -0.2) is 4.98 Å². The normalized spacial score (nSPS) is 20.1. The van der Waals surface area contributed by atoms with Gasteiger partial charge in [0.05, 0.1) is 24.0 Å². The smallest absolute Gasteiger partial charge is 0.274 e. The van der Waals surface area contributed by atoms with Crippen LogP contribution in [0.5, 0.6) is 0 Å². The molecule has 116 valence electrons. The zero-order valence-corrected chi connectivity index (χ0v) is 12.5. The van der Waals surface area contributed by atoms with Crippen LogP contribution in [0.1, 0.15) is 11.6 Å². The highest BCUT2D eigenvalue weighted by molar-refractivity contribution is 5.42. The van der Waals surface area contributed by atoms with Gasteiger partial charge in [0.1, 0.15) is 0 Å². The number of likely N-dealkylation sites (N-methyl/N-ethyl adjacent to an activating group) is 1. The molecular weight excluding hydrogens is 282 g/mol. The Morgan fingerprint density at radius 1 is 1.36 bits per heavy atom. The van der Waals surface area contributed by atoms with Crippen molar-refractivity contribution in [2.45, 2.75) is 12.7 Å². The van der Waals surface area contributed by atoms with Crippen LogP contribution >= 0.6 is 0 Å². The highest BCUT2D eigenvalue weighted by Crippen LogP contribution is 2.31. The predicted molar refractivity (Wildman–Crippen MR) is 82.3 cm³/mol. The average molecular weight is 301 g/mol. The van der Waals surface area contributed by atoms with Crippen LogP contribution in [-0.2, 0) is 6.67 Å². The molecular formula is C15H19N5O2. The number of hydrogen-bond acceptors (Lipinski definition) is 5. The number of nitrogens with zero attached hydrogens (tertiary/aromatic N) is 5. The molecule has 0 radical (unpaired) electrons. The zero-order valence-electron chi connectivity index (χ0n) is 12.5.